The van der Waals surface area contributed by atoms with Crippen LogP contribution in [0.25, 0.3) is 0 Å². The van der Waals surface area contributed by atoms with Crippen molar-refractivity contribution in [2.24, 2.45) is 23.5 Å². The van der Waals surface area contributed by atoms with Crippen LogP contribution in [-0.2, 0) is 0 Å². The van der Waals surface area contributed by atoms with Crippen molar-refractivity contribution in [3.8, 4) is 0 Å². The van der Waals surface area contributed by atoms with Gasteiger partial charge in [0.25, 0.3) is 0 Å². The fourth-order valence-corrected chi connectivity index (χ4v) is 4.22. The SMILES string of the molecule is NCC(c1cccc(F)c1)C(O)C1CC2CCC1C2. The Morgan fingerprint density at radius 3 is 2.74 bits per heavy atom. The van der Waals surface area contributed by atoms with Gasteiger partial charge in [-0.3, -0.25) is 0 Å². The lowest BCUT2D eigenvalue weighted by atomic mass is 9.77. The molecule has 0 spiro atoms. The van der Waals surface area contributed by atoms with E-state index in [1.54, 1.807) is 6.07 Å². The van der Waals surface area contributed by atoms with Crippen LogP contribution in [0, 0.1) is 23.6 Å². The van der Waals surface area contributed by atoms with Crippen molar-refractivity contribution in [1.82, 2.24) is 0 Å². The third kappa shape index (κ3) is 2.41. The highest BCUT2D eigenvalue weighted by molar-refractivity contribution is 5.23. The first-order chi connectivity index (χ1) is 9.19. The summed E-state index contributed by atoms with van der Waals surface area (Å²) in [4.78, 5) is 0. The summed E-state index contributed by atoms with van der Waals surface area (Å²) in [7, 11) is 0. The zero-order chi connectivity index (χ0) is 13.4. The number of aliphatic hydroxyl groups is 1. The maximum Gasteiger partial charge on any atom is 0.123 e. The largest absolute Gasteiger partial charge is 0.392 e. The highest BCUT2D eigenvalue weighted by atomic mass is 19.1. The van der Waals surface area contributed by atoms with E-state index < -0.39 is 6.10 Å². The summed E-state index contributed by atoms with van der Waals surface area (Å²) in [5.41, 5.74) is 6.67. The van der Waals surface area contributed by atoms with Gasteiger partial charge in [-0.1, -0.05) is 18.6 Å². The number of halogens is 1. The molecule has 0 aromatic heterocycles. The fourth-order valence-electron chi connectivity index (χ4n) is 4.22. The van der Waals surface area contributed by atoms with Gasteiger partial charge in [0, 0.05) is 12.5 Å². The van der Waals surface area contributed by atoms with Crippen LogP contribution in [0.2, 0.25) is 0 Å². The molecular weight excluding hydrogens is 241 g/mol. The van der Waals surface area contributed by atoms with Crippen molar-refractivity contribution in [3.05, 3.63) is 35.6 Å². The number of hydrogen-bond donors (Lipinski definition) is 2. The number of fused-ring (bicyclic) bond motifs is 2. The Morgan fingerprint density at radius 2 is 2.16 bits per heavy atom. The van der Waals surface area contributed by atoms with Crippen LogP contribution >= 0.6 is 0 Å². The van der Waals surface area contributed by atoms with Crippen LogP contribution in [-0.4, -0.2) is 17.8 Å². The van der Waals surface area contributed by atoms with Gasteiger partial charge in [-0.25, -0.2) is 4.39 Å². The van der Waals surface area contributed by atoms with Gasteiger partial charge in [-0.05, 0) is 54.7 Å². The van der Waals surface area contributed by atoms with Gasteiger partial charge in [0.1, 0.15) is 5.82 Å². The lowest BCUT2D eigenvalue weighted by Gasteiger charge is -2.32. The average Bonchev–Trinajstić information content (AvgIpc) is 3.02. The Labute approximate surface area is 113 Å². The lowest BCUT2D eigenvalue weighted by molar-refractivity contribution is 0.0531. The van der Waals surface area contributed by atoms with Crippen molar-refractivity contribution in [2.45, 2.75) is 37.7 Å². The molecule has 3 heteroatoms. The molecule has 2 nitrogen and oxygen atoms in total. The predicted molar refractivity (Wildman–Crippen MR) is 73.1 cm³/mol. The van der Waals surface area contributed by atoms with Crippen molar-refractivity contribution < 1.29 is 9.50 Å². The molecule has 104 valence electrons. The Hall–Kier alpha value is -0.930. The molecule has 1 aromatic carbocycles. The van der Waals surface area contributed by atoms with Crippen molar-refractivity contribution in [3.63, 3.8) is 0 Å². The Bertz CT molecular complexity index is 450. The molecule has 2 saturated carbocycles. The standard InChI is InChI=1S/C16H22FNO/c17-13-3-1-2-11(8-13)15(9-18)16(19)14-7-10-4-5-12(14)6-10/h1-3,8,10,12,14-16,19H,4-7,9,18H2. The molecule has 3 N–H and O–H groups in total. The molecule has 0 saturated heterocycles. The summed E-state index contributed by atoms with van der Waals surface area (Å²) >= 11 is 0. The number of rotatable bonds is 4. The van der Waals surface area contributed by atoms with Gasteiger partial charge in [0.05, 0.1) is 6.10 Å². The van der Waals surface area contributed by atoms with Crippen LogP contribution in [0.4, 0.5) is 4.39 Å². The summed E-state index contributed by atoms with van der Waals surface area (Å²) in [6.07, 6.45) is 4.52. The Kier molecular flexibility index (Phi) is 3.59. The van der Waals surface area contributed by atoms with E-state index in [0.717, 1.165) is 17.9 Å². The van der Waals surface area contributed by atoms with Crippen LogP contribution in [0.15, 0.2) is 24.3 Å². The monoisotopic (exact) mass is 263 g/mol. The first-order valence-corrected chi connectivity index (χ1v) is 7.32. The molecule has 19 heavy (non-hydrogen) atoms. The van der Waals surface area contributed by atoms with Crippen LogP contribution in [0.5, 0.6) is 0 Å². The molecule has 0 amide bonds. The quantitative estimate of drug-likeness (QED) is 0.877. The van der Waals surface area contributed by atoms with E-state index in [1.807, 2.05) is 6.07 Å². The molecule has 2 aliphatic rings. The second-order valence-electron chi connectivity index (χ2n) is 6.23. The van der Waals surface area contributed by atoms with Gasteiger partial charge < -0.3 is 10.8 Å². The highest BCUT2D eigenvalue weighted by Gasteiger charge is 2.44. The minimum absolute atomic E-state index is 0.139. The summed E-state index contributed by atoms with van der Waals surface area (Å²) in [5.74, 6) is 1.42. The minimum Gasteiger partial charge on any atom is -0.392 e. The number of aliphatic hydroxyl groups excluding tert-OH is 1. The first kappa shape index (κ1) is 13.1. The van der Waals surface area contributed by atoms with Crippen LogP contribution in [0.1, 0.15) is 37.2 Å². The van der Waals surface area contributed by atoms with Gasteiger partial charge in [-0.2, -0.15) is 0 Å². The number of benzene rings is 1. The number of hydrogen-bond acceptors (Lipinski definition) is 2. The smallest absolute Gasteiger partial charge is 0.123 e. The fraction of sp³-hybridized carbons (Fsp3) is 0.625. The summed E-state index contributed by atoms with van der Waals surface area (Å²) < 4.78 is 13.3. The van der Waals surface area contributed by atoms with E-state index in [2.05, 4.69) is 0 Å². The topological polar surface area (TPSA) is 46.2 Å². The summed E-state index contributed by atoms with van der Waals surface area (Å²) in [6.45, 7) is 0.374. The van der Waals surface area contributed by atoms with Gasteiger partial charge in [0.2, 0.25) is 0 Å². The maximum atomic E-state index is 13.3. The van der Waals surface area contributed by atoms with Crippen molar-refractivity contribution in [2.75, 3.05) is 6.54 Å². The Balaban J connectivity index is 1.78. The molecule has 0 aliphatic heterocycles. The normalized spacial score (nSPS) is 32.5. The van der Waals surface area contributed by atoms with Crippen molar-refractivity contribution >= 4 is 0 Å². The van der Waals surface area contributed by atoms with E-state index in [9.17, 15) is 9.50 Å². The zero-order valence-corrected chi connectivity index (χ0v) is 11.1. The molecule has 1 aromatic rings. The van der Waals surface area contributed by atoms with E-state index in [4.69, 9.17) is 5.73 Å². The maximum absolute atomic E-state index is 13.3. The Morgan fingerprint density at radius 1 is 1.32 bits per heavy atom. The summed E-state index contributed by atoms with van der Waals surface area (Å²) in [6, 6.07) is 6.51. The molecular formula is C16H22FNO. The van der Waals surface area contributed by atoms with E-state index >= 15 is 0 Å². The van der Waals surface area contributed by atoms with Crippen molar-refractivity contribution in [1.29, 1.82) is 0 Å². The molecule has 3 rings (SSSR count). The average molecular weight is 263 g/mol. The summed E-state index contributed by atoms with van der Waals surface area (Å²) in [5, 5.41) is 10.7. The van der Waals surface area contributed by atoms with Crippen LogP contribution in [0.3, 0.4) is 0 Å². The highest BCUT2D eigenvalue weighted by Crippen LogP contribution is 2.51. The molecule has 2 aliphatic carbocycles. The lowest BCUT2D eigenvalue weighted by Crippen LogP contribution is -2.35. The molecule has 0 heterocycles. The molecule has 5 atom stereocenters. The van der Waals surface area contributed by atoms with E-state index in [-0.39, 0.29) is 11.7 Å². The zero-order valence-electron chi connectivity index (χ0n) is 11.1. The van der Waals surface area contributed by atoms with E-state index in [0.29, 0.717) is 18.4 Å². The van der Waals surface area contributed by atoms with Gasteiger partial charge in [-0.15, -0.1) is 0 Å². The molecule has 0 radical (unpaired) electrons. The van der Waals surface area contributed by atoms with Gasteiger partial charge >= 0.3 is 0 Å². The van der Waals surface area contributed by atoms with Gasteiger partial charge in [0.15, 0.2) is 0 Å². The minimum atomic E-state index is -0.429. The molecule has 5 unspecified atom stereocenters. The third-order valence-corrected chi connectivity index (χ3v) is 5.17. The van der Waals surface area contributed by atoms with Crippen LogP contribution < -0.4 is 5.73 Å². The predicted octanol–water partition coefficient (Wildman–Crippen LogP) is 2.67. The third-order valence-electron chi connectivity index (χ3n) is 5.17. The number of nitrogens with two attached hydrogens (primary N) is 1. The second kappa shape index (κ2) is 5.22. The second-order valence-corrected chi connectivity index (χ2v) is 6.23. The molecule has 2 fully saturated rings. The molecule has 2 bridgehead atoms. The first-order valence-electron chi connectivity index (χ1n) is 7.32. The van der Waals surface area contributed by atoms with E-state index in [1.165, 1.54) is 31.4 Å².